The Labute approximate surface area is 124 Å². The molecule has 1 amide bonds. The van der Waals surface area contributed by atoms with Gasteiger partial charge in [0.1, 0.15) is 0 Å². The normalized spacial score (nSPS) is 12.4. The van der Waals surface area contributed by atoms with Crippen LogP contribution in [0.5, 0.6) is 0 Å². The summed E-state index contributed by atoms with van der Waals surface area (Å²) in [7, 11) is 3.78. The Hall–Kier alpha value is -2.34. The highest BCUT2D eigenvalue weighted by molar-refractivity contribution is 5.96. The average Bonchev–Trinajstić information content (AvgIpc) is 2.85. The molecule has 0 aliphatic carbocycles. The molecule has 2 rings (SSSR count). The lowest BCUT2D eigenvalue weighted by Crippen LogP contribution is -2.39. The number of amides is 1. The van der Waals surface area contributed by atoms with Crippen molar-refractivity contribution in [1.29, 1.82) is 0 Å². The topological polar surface area (TPSA) is 76.2 Å². The Kier molecular flexibility index (Phi) is 4.59. The van der Waals surface area contributed by atoms with Gasteiger partial charge >= 0.3 is 0 Å². The summed E-state index contributed by atoms with van der Waals surface area (Å²) in [5.74, 6) is -0.0840. The SMILES string of the molecule is CC(C(=O)Nc1ccccc1N)N(C)Cc1cnn(C)c1. The Balaban J connectivity index is 1.97. The predicted octanol–water partition coefficient (Wildman–Crippen LogP) is 1.46. The summed E-state index contributed by atoms with van der Waals surface area (Å²) in [5.41, 5.74) is 8.11. The highest BCUT2D eigenvalue weighted by Crippen LogP contribution is 2.17. The molecule has 0 fully saturated rings. The number of hydrogen-bond donors (Lipinski definition) is 2. The third kappa shape index (κ3) is 3.82. The van der Waals surface area contributed by atoms with Gasteiger partial charge in [0, 0.05) is 25.4 Å². The molecule has 0 aliphatic rings. The lowest BCUT2D eigenvalue weighted by Gasteiger charge is -2.23. The number of nitrogen functional groups attached to an aromatic ring is 1. The summed E-state index contributed by atoms with van der Waals surface area (Å²) in [4.78, 5) is 14.2. The Morgan fingerprint density at radius 3 is 2.81 bits per heavy atom. The maximum absolute atomic E-state index is 12.3. The fourth-order valence-electron chi connectivity index (χ4n) is 2.03. The number of nitrogens with zero attached hydrogens (tertiary/aromatic N) is 3. The number of aryl methyl sites for hydroxylation is 1. The first-order valence-electron chi connectivity index (χ1n) is 6.80. The number of benzene rings is 1. The number of nitrogens with one attached hydrogen (secondary N) is 1. The minimum atomic E-state index is -0.273. The summed E-state index contributed by atoms with van der Waals surface area (Å²) in [5, 5.41) is 6.98. The monoisotopic (exact) mass is 287 g/mol. The Morgan fingerprint density at radius 1 is 1.48 bits per heavy atom. The zero-order chi connectivity index (χ0) is 15.4. The maximum Gasteiger partial charge on any atom is 0.241 e. The van der Waals surface area contributed by atoms with Gasteiger partial charge in [0.05, 0.1) is 23.6 Å². The van der Waals surface area contributed by atoms with Gasteiger partial charge in [-0.25, -0.2) is 0 Å². The van der Waals surface area contributed by atoms with Crippen molar-refractivity contribution in [2.45, 2.75) is 19.5 Å². The van der Waals surface area contributed by atoms with Crippen LogP contribution in [0.25, 0.3) is 0 Å². The Morgan fingerprint density at radius 2 is 2.19 bits per heavy atom. The van der Waals surface area contributed by atoms with Crippen molar-refractivity contribution in [3.8, 4) is 0 Å². The van der Waals surface area contributed by atoms with E-state index >= 15 is 0 Å². The highest BCUT2D eigenvalue weighted by atomic mass is 16.2. The molecular formula is C15H21N5O. The molecule has 0 radical (unpaired) electrons. The molecule has 1 aromatic carbocycles. The number of carbonyl (C=O) groups is 1. The summed E-state index contributed by atoms with van der Waals surface area (Å²) in [6.07, 6.45) is 3.74. The second kappa shape index (κ2) is 6.41. The molecule has 0 spiro atoms. The molecule has 1 heterocycles. The van der Waals surface area contributed by atoms with E-state index in [1.807, 2.05) is 44.2 Å². The average molecular weight is 287 g/mol. The van der Waals surface area contributed by atoms with Crippen molar-refractivity contribution in [3.63, 3.8) is 0 Å². The second-order valence-corrected chi connectivity index (χ2v) is 5.19. The van der Waals surface area contributed by atoms with Crippen molar-refractivity contribution in [2.75, 3.05) is 18.1 Å². The zero-order valence-electron chi connectivity index (χ0n) is 12.6. The first-order chi connectivity index (χ1) is 9.97. The number of para-hydroxylation sites is 2. The van der Waals surface area contributed by atoms with Crippen LogP contribution in [0.1, 0.15) is 12.5 Å². The van der Waals surface area contributed by atoms with Gasteiger partial charge in [-0.3, -0.25) is 14.4 Å². The quantitative estimate of drug-likeness (QED) is 0.816. The summed E-state index contributed by atoms with van der Waals surface area (Å²) in [6.45, 7) is 2.53. The van der Waals surface area contributed by atoms with Crippen molar-refractivity contribution >= 4 is 17.3 Å². The molecule has 21 heavy (non-hydrogen) atoms. The molecular weight excluding hydrogens is 266 g/mol. The fourth-order valence-corrected chi connectivity index (χ4v) is 2.03. The molecule has 6 heteroatoms. The van der Waals surface area contributed by atoms with Crippen molar-refractivity contribution in [2.24, 2.45) is 7.05 Å². The summed E-state index contributed by atoms with van der Waals surface area (Å²) in [6, 6.07) is 6.96. The van der Waals surface area contributed by atoms with Gasteiger partial charge in [-0.15, -0.1) is 0 Å². The van der Waals surface area contributed by atoms with Crippen molar-refractivity contribution in [3.05, 3.63) is 42.2 Å². The number of aromatic nitrogens is 2. The second-order valence-electron chi connectivity index (χ2n) is 5.19. The van der Waals surface area contributed by atoms with Crippen LogP contribution in [-0.4, -0.2) is 33.7 Å². The van der Waals surface area contributed by atoms with Crippen molar-refractivity contribution < 1.29 is 4.79 Å². The molecule has 0 saturated carbocycles. The lowest BCUT2D eigenvalue weighted by molar-refractivity contribution is -0.120. The van der Waals surface area contributed by atoms with Crippen LogP contribution in [0.4, 0.5) is 11.4 Å². The van der Waals surface area contributed by atoms with Crippen LogP contribution in [0.2, 0.25) is 0 Å². The smallest absolute Gasteiger partial charge is 0.241 e. The minimum absolute atomic E-state index is 0.0840. The minimum Gasteiger partial charge on any atom is -0.397 e. The first kappa shape index (κ1) is 15.1. The van der Waals surface area contributed by atoms with Gasteiger partial charge < -0.3 is 11.1 Å². The number of anilines is 2. The molecule has 1 aromatic heterocycles. The van der Waals surface area contributed by atoms with Crippen LogP contribution in [-0.2, 0) is 18.4 Å². The standard InChI is InChI=1S/C15H21N5O/c1-11(19(2)9-12-8-17-20(3)10-12)15(21)18-14-7-5-4-6-13(14)16/h4-8,10-11H,9,16H2,1-3H3,(H,18,21). The van der Waals surface area contributed by atoms with E-state index in [9.17, 15) is 4.79 Å². The van der Waals surface area contributed by atoms with Crippen LogP contribution < -0.4 is 11.1 Å². The van der Waals surface area contributed by atoms with Gasteiger partial charge in [-0.1, -0.05) is 12.1 Å². The molecule has 1 atom stereocenters. The summed E-state index contributed by atoms with van der Waals surface area (Å²) < 4.78 is 1.75. The molecule has 112 valence electrons. The number of hydrogen-bond acceptors (Lipinski definition) is 4. The summed E-state index contributed by atoms with van der Waals surface area (Å²) >= 11 is 0. The van der Waals surface area contributed by atoms with Gasteiger partial charge in [0.15, 0.2) is 0 Å². The lowest BCUT2D eigenvalue weighted by atomic mass is 10.2. The van der Waals surface area contributed by atoms with E-state index in [4.69, 9.17) is 5.73 Å². The molecule has 0 aliphatic heterocycles. The third-order valence-electron chi connectivity index (χ3n) is 3.45. The maximum atomic E-state index is 12.3. The van der Waals surface area contributed by atoms with Gasteiger partial charge in [0.25, 0.3) is 0 Å². The first-order valence-corrected chi connectivity index (χ1v) is 6.80. The van der Waals surface area contributed by atoms with E-state index in [2.05, 4.69) is 10.4 Å². The van der Waals surface area contributed by atoms with Crippen LogP contribution in [0.3, 0.4) is 0 Å². The van der Waals surface area contributed by atoms with Crippen LogP contribution in [0.15, 0.2) is 36.7 Å². The van der Waals surface area contributed by atoms with Gasteiger partial charge in [-0.2, -0.15) is 5.10 Å². The fraction of sp³-hybridized carbons (Fsp3) is 0.333. The largest absolute Gasteiger partial charge is 0.397 e. The number of nitrogens with two attached hydrogens (primary N) is 1. The molecule has 0 bridgehead atoms. The number of rotatable bonds is 5. The number of carbonyl (C=O) groups excluding carboxylic acids is 1. The molecule has 3 N–H and O–H groups in total. The highest BCUT2D eigenvalue weighted by Gasteiger charge is 2.19. The molecule has 6 nitrogen and oxygen atoms in total. The third-order valence-corrected chi connectivity index (χ3v) is 3.45. The van der Waals surface area contributed by atoms with Gasteiger partial charge in [-0.05, 0) is 26.1 Å². The van der Waals surface area contributed by atoms with E-state index in [1.165, 1.54) is 0 Å². The van der Waals surface area contributed by atoms with Crippen LogP contribution in [0, 0.1) is 0 Å². The molecule has 2 aromatic rings. The van der Waals surface area contributed by atoms with Crippen LogP contribution >= 0.6 is 0 Å². The van der Waals surface area contributed by atoms with E-state index < -0.39 is 0 Å². The van der Waals surface area contributed by atoms with E-state index in [0.717, 1.165) is 5.56 Å². The van der Waals surface area contributed by atoms with Gasteiger partial charge in [0.2, 0.25) is 5.91 Å². The van der Waals surface area contributed by atoms with E-state index in [1.54, 1.807) is 23.0 Å². The Bertz CT molecular complexity index is 622. The molecule has 0 saturated heterocycles. The predicted molar refractivity (Wildman–Crippen MR) is 83.6 cm³/mol. The molecule has 1 unspecified atom stereocenters. The number of likely N-dealkylation sites (N-methyl/N-ethyl adjacent to an activating group) is 1. The zero-order valence-corrected chi connectivity index (χ0v) is 12.6. The van der Waals surface area contributed by atoms with E-state index in [0.29, 0.717) is 17.9 Å². The van der Waals surface area contributed by atoms with Crippen molar-refractivity contribution in [1.82, 2.24) is 14.7 Å². The van der Waals surface area contributed by atoms with E-state index in [-0.39, 0.29) is 11.9 Å².